The lowest BCUT2D eigenvalue weighted by molar-refractivity contribution is -0.137. The first-order valence-electron chi connectivity index (χ1n) is 10.1. The van der Waals surface area contributed by atoms with E-state index in [4.69, 9.17) is 0 Å². The van der Waals surface area contributed by atoms with E-state index >= 15 is 0 Å². The van der Waals surface area contributed by atoms with Crippen molar-refractivity contribution in [1.82, 2.24) is 14.9 Å². The first-order valence-corrected chi connectivity index (χ1v) is 10.1. The van der Waals surface area contributed by atoms with Crippen LogP contribution in [0.2, 0.25) is 0 Å². The van der Waals surface area contributed by atoms with Gasteiger partial charge in [0, 0.05) is 38.6 Å². The summed E-state index contributed by atoms with van der Waals surface area (Å²) >= 11 is 0. The molecule has 2 saturated heterocycles. The first kappa shape index (κ1) is 18.0. The molecular formula is C22H28N4O. The third kappa shape index (κ3) is 4.46. The van der Waals surface area contributed by atoms with Crippen molar-refractivity contribution >= 4 is 11.9 Å². The molecule has 142 valence electrons. The number of hydrogen-bond donors (Lipinski definition) is 0. The molecule has 0 saturated carbocycles. The van der Waals surface area contributed by atoms with E-state index in [9.17, 15) is 4.79 Å². The molecule has 4 rings (SSSR count). The summed E-state index contributed by atoms with van der Waals surface area (Å²) in [6.45, 7) is 3.48. The first-order chi connectivity index (χ1) is 13.3. The number of hydrogen-bond acceptors (Lipinski definition) is 4. The number of piperidine rings is 2. The summed E-state index contributed by atoms with van der Waals surface area (Å²) in [5.74, 6) is 1.84. The van der Waals surface area contributed by atoms with Gasteiger partial charge < -0.3 is 9.80 Å². The molecule has 5 heteroatoms. The van der Waals surface area contributed by atoms with Crippen LogP contribution in [-0.4, -0.2) is 47.0 Å². The van der Waals surface area contributed by atoms with Crippen molar-refractivity contribution < 1.29 is 4.79 Å². The second-order valence-corrected chi connectivity index (χ2v) is 7.79. The number of anilines is 1. The standard InChI is InChI=1S/C22H28N4O/c27-21(20-8-4-13-26(17-20)22-23-11-5-12-24-22)25-14-9-19(10-15-25)16-18-6-2-1-3-7-18/h1-3,5-7,11-12,19-20H,4,8-10,13-17H2/t20-/m1/s1. The molecule has 2 fully saturated rings. The number of nitrogens with zero attached hydrogens (tertiary/aromatic N) is 4. The third-order valence-corrected chi connectivity index (χ3v) is 5.90. The molecular weight excluding hydrogens is 336 g/mol. The summed E-state index contributed by atoms with van der Waals surface area (Å²) in [4.78, 5) is 26.0. The monoisotopic (exact) mass is 364 g/mol. The van der Waals surface area contributed by atoms with Gasteiger partial charge in [0.1, 0.15) is 0 Å². The number of aromatic nitrogens is 2. The molecule has 1 aromatic heterocycles. The van der Waals surface area contributed by atoms with Crippen molar-refractivity contribution in [2.24, 2.45) is 11.8 Å². The van der Waals surface area contributed by atoms with Crippen LogP contribution in [0.5, 0.6) is 0 Å². The number of likely N-dealkylation sites (tertiary alicyclic amines) is 1. The largest absolute Gasteiger partial charge is 0.342 e. The maximum absolute atomic E-state index is 13.1. The van der Waals surface area contributed by atoms with Crippen LogP contribution in [0.15, 0.2) is 48.8 Å². The van der Waals surface area contributed by atoms with Crippen molar-refractivity contribution in [2.45, 2.75) is 32.1 Å². The second-order valence-electron chi connectivity index (χ2n) is 7.79. The molecule has 5 nitrogen and oxygen atoms in total. The summed E-state index contributed by atoms with van der Waals surface area (Å²) in [6, 6.07) is 12.5. The van der Waals surface area contributed by atoms with Gasteiger partial charge in [0.2, 0.25) is 11.9 Å². The van der Waals surface area contributed by atoms with E-state index in [2.05, 4.69) is 50.1 Å². The highest BCUT2D eigenvalue weighted by Crippen LogP contribution is 2.26. The minimum absolute atomic E-state index is 0.0771. The van der Waals surface area contributed by atoms with Crippen molar-refractivity contribution in [2.75, 3.05) is 31.1 Å². The molecule has 1 aromatic carbocycles. The highest BCUT2D eigenvalue weighted by atomic mass is 16.2. The lowest BCUT2D eigenvalue weighted by atomic mass is 9.89. The van der Waals surface area contributed by atoms with E-state index in [1.807, 2.05) is 6.07 Å². The molecule has 0 radical (unpaired) electrons. The van der Waals surface area contributed by atoms with Crippen LogP contribution in [0.25, 0.3) is 0 Å². The average molecular weight is 364 g/mol. The Bertz CT molecular complexity index is 728. The van der Waals surface area contributed by atoms with E-state index in [-0.39, 0.29) is 5.92 Å². The molecule has 0 N–H and O–H groups in total. The highest BCUT2D eigenvalue weighted by molar-refractivity contribution is 5.79. The number of carbonyl (C=O) groups excluding carboxylic acids is 1. The maximum atomic E-state index is 13.1. The van der Waals surface area contributed by atoms with Gasteiger partial charge >= 0.3 is 0 Å². The van der Waals surface area contributed by atoms with E-state index in [0.29, 0.717) is 11.8 Å². The Balaban J connectivity index is 1.30. The average Bonchev–Trinajstić information content (AvgIpc) is 2.75. The number of carbonyl (C=O) groups is 1. The number of amides is 1. The summed E-state index contributed by atoms with van der Waals surface area (Å²) in [5.41, 5.74) is 1.41. The predicted molar refractivity (Wildman–Crippen MR) is 106 cm³/mol. The minimum Gasteiger partial charge on any atom is -0.342 e. The fourth-order valence-corrected chi connectivity index (χ4v) is 4.38. The number of benzene rings is 1. The van der Waals surface area contributed by atoms with Gasteiger partial charge in [-0.05, 0) is 49.7 Å². The van der Waals surface area contributed by atoms with Crippen LogP contribution in [0.4, 0.5) is 5.95 Å². The zero-order valence-electron chi connectivity index (χ0n) is 15.8. The molecule has 1 atom stereocenters. The molecule has 2 aliphatic rings. The molecule has 0 unspecified atom stereocenters. The molecule has 2 aromatic rings. The topological polar surface area (TPSA) is 49.3 Å². The highest BCUT2D eigenvalue weighted by Gasteiger charge is 2.32. The molecule has 1 amide bonds. The van der Waals surface area contributed by atoms with Crippen molar-refractivity contribution in [3.63, 3.8) is 0 Å². The molecule has 0 bridgehead atoms. The lowest BCUT2D eigenvalue weighted by Gasteiger charge is -2.38. The van der Waals surface area contributed by atoms with Gasteiger partial charge in [0.15, 0.2) is 0 Å². The van der Waals surface area contributed by atoms with Gasteiger partial charge in [-0.25, -0.2) is 9.97 Å². The summed E-state index contributed by atoms with van der Waals surface area (Å²) in [7, 11) is 0. The van der Waals surface area contributed by atoms with Crippen molar-refractivity contribution in [1.29, 1.82) is 0 Å². The zero-order chi connectivity index (χ0) is 18.5. The smallest absolute Gasteiger partial charge is 0.227 e. The summed E-state index contributed by atoms with van der Waals surface area (Å²) in [6.07, 6.45) is 8.89. The van der Waals surface area contributed by atoms with Gasteiger partial charge in [0.25, 0.3) is 0 Å². The molecule has 3 heterocycles. The quantitative estimate of drug-likeness (QED) is 0.836. The molecule has 2 aliphatic heterocycles. The van der Waals surface area contributed by atoms with Crippen LogP contribution in [-0.2, 0) is 11.2 Å². The molecule has 0 spiro atoms. The van der Waals surface area contributed by atoms with Gasteiger partial charge in [0.05, 0.1) is 5.92 Å². The van der Waals surface area contributed by atoms with Gasteiger partial charge in [-0.1, -0.05) is 30.3 Å². The molecule has 27 heavy (non-hydrogen) atoms. The van der Waals surface area contributed by atoms with E-state index < -0.39 is 0 Å². The van der Waals surface area contributed by atoms with Crippen molar-refractivity contribution in [3.05, 3.63) is 54.4 Å². The Morgan fingerprint density at radius 2 is 1.70 bits per heavy atom. The Morgan fingerprint density at radius 1 is 0.963 bits per heavy atom. The maximum Gasteiger partial charge on any atom is 0.227 e. The predicted octanol–water partition coefficient (Wildman–Crippen LogP) is 3.17. The SMILES string of the molecule is O=C([C@@H]1CCCN(c2ncccn2)C1)N1CCC(Cc2ccccc2)CC1. The Kier molecular flexibility index (Phi) is 5.66. The van der Waals surface area contributed by atoms with Crippen LogP contribution < -0.4 is 4.90 Å². The van der Waals surface area contributed by atoms with Crippen LogP contribution in [0.1, 0.15) is 31.2 Å². The Labute approximate surface area is 161 Å². The van der Waals surface area contributed by atoms with Gasteiger partial charge in [-0.15, -0.1) is 0 Å². The Morgan fingerprint density at radius 3 is 2.44 bits per heavy atom. The van der Waals surface area contributed by atoms with Crippen LogP contribution >= 0.6 is 0 Å². The van der Waals surface area contributed by atoms with E-state index in [1.165, 1.54) is 5.56 Å². The normalized spacial score (nSPS) is 21.3. The minimum atomic E-state index is 0.0771. The Hall–Kier alpha value is -2.43. The third-order valence-electron chi connectivity index (χ3n) is 5.90. The van der Waals surface area contributed by atoms with Crippen LogP contribution in [0.3, 0.4) is 0 Å². The van der Waals surface area contributed by atoms with Gasteiger partial charge in [-0.2, -0.15) is 0 Å². The summed E-state index contributed by atoms with van der Waals surface area (Å²) in [5, 5.41) is 0. The fourth-order valence-electron chi connectivity index (χ4n) is 4.38. The summed E-state index contributed by atoms with van der Waals surface area (Å²) < 4.78 is 0. The van der Waals surface area contributed by atoms with Crippen molar-refractivity contribution in [3.8, 4) is 0 Å². The van der Waals surface area contributed by atoms with Gasteiger partial charge in [-0.3, -0.25) is 4.79 Å². The lowest BCUT2D eigenvalue weighted by Crippen LogP contribution is -2.47. The van der Waals surface area contributed by atoms with E-state index in [1.54, 1.807) is 12.4 Å². The molecule has 0 aliphatic carbocycles. The van der Waals surface area contributed by atoms with Crippen LogP contribution in [0, 0.1) is 11.8 Å². The fraction of sp³-hybridized carbons (Fsp3) is 0.500. The van der Waals surface area contributed by atoms with E-state index in [0.717, 1.165) is 64.2 Å². The number of rotatable bonds is 4. The second kappa shape index (κ2) is 8.51. The zero-order valence-corrected chi connectivity index (χ0v) is 15.8.